The molecule has 21 heavy (non-hydrogen) atoms. The molecule has 1 amide bonds. The number of hydrogen-bond acceptors (Lipinski definition) is 4. The van der Waals surface area contributed by atoms with E-state index in [2.05, 4.69) is 34.0 Å². The molecule has 1 aliphatic rings. The summed E-state index contributed by atoms with van der Waals surface area (Å²) in [6.07, 6.45) is 8.36. The molecule has 0 saturated heterocycles. The van der Waals surface area contributed by atoms with Crippen molar-refractivity contribution < 1.29 is 4.79 Å². The fourth-order valence-electron chi connectivity index (χ4n) is 2.81. The number of nitrogens with zero attached hydrogens (tertiary/aromatic N) is 3. The van der Waals surface area contributed by atoms with Crippen LogP contribution in [-0.4, -0.2) is 35.0 Å². The Morgan fingerprint density at radius 2 is 1.95 bits per heavy atom. The predicted molar refractivity (Wildman–Crippen MR) is 84.5 cm³/mol. The molecule has 0 radical (unpaired) electrons. The summed E-state index contributed by atoms with van der Waals surface area (Å²) in [7, 11) is 0. The highest BCUT2D eigenvalue weighted by molar-refractivity contribution is 5.92. The molecule has 0 bridgehead atoms. The molecule has 1 aromatic rings. The minimum atomic E-state index is -0.0708. The summed E-state index contributed by atoms with van der Waals surface area (Å²) in [5.41, 5.74) is 0.476. The fraction of sp³-hybridized carbons (Fsp3) is 0.688. The summed E-state index contributed by atoms with van der Waals surface area (Å²) in [5, 5.41) is 3.08. The number of carbonyl (C=O) groups excluding carboxylic acids is 1. The van der Waals surface area contributed by atoms with E-state index in [1.54, 1.807) is 12.3 Å². The van der Waals surface area contributed by atoms with Crippen LogP contribution in [0.4, 0.5) is 5.95 Å². The Kier molecular flexibility index (Phi) is 5.96. The minimum absolute atomic E-state index is 0.0708. The largest absolute Gasteiger partial charge is 0.348 e. The second-order valence-corrected chi connectivity index (χ2v) is 5.68. The lowest BCUT2D eigenvalue weighted by Crippen LogP contribution is -2.34. The van der Waals surface area contributed by atoms with E-state index in [9.17, 15) is 4.79 Å². The third-order valence-electron chi connectivity index (χ3n) is 3.84. The number of nitrogens with one attached hydrogen (secondary N) is 1. The van der Waals surface area contributed by atoms with Crippen LogP contribution in [-0.2, 0) is 0 Å². The second kappa shape index (κ2) is 7.96. The standard InChI is InChI=1S/C16H26N4O/c1-3-11-20(12-4-2)16-17-10-9-14(19-16)15(21)18-13-7-5-6-8-13/h9-10,13H,3-8,11-12H2,1-2H3,(H,18,21). The Labute approximate surface area is 127 Å². The molecule has 1 aromatic heterocycles. The summed E-state index contributed by atoms with van der Waals surface area (Å²) in [4.78, 5) is 23.2. The van der Waals surface area contributed by atoms with Gasteiger partial charge in [0, 0.05) is 25.3 Å². The van der Waals surface area contributed by atoms with Crippen molar-refractivity contribution in [3.05, 3.63) is 18.0 Å². The number of anilines is 1. The lowest BCUT2D eigenvalue weighted by Gasteiger charge is -2.21. The number of amides is 1. The predicted octanol–water partition coefficient (Wildman–Crippen LogP) is 2.78. The Hall–Kier alpha value is -1.65. The summed E-state index contributed by atoms with van der Waals surface area (Å²) < 4.78 is 0. The first-order chi connectivity index (χ1) is 10.2. The molecule has 0 aliphatic heterocycles. The molecule has 1 aliphatic carbocycles. The van der Waals surface area contributed by atoms with Gasteiger partial charge in [0.05, 0.1) is 0 Å². The fourth-order valence-corrected chi connectivity index (χ4v) is 2.81. The molecule has 0 spiro atoms. The Morgan fingerprint density at radius 3 is 2.57 bits per heavy atom. The van der Waals surface area contributed by atoms with Crippen molar-refractivity contribution >= 4 is 11.9 Å². The highest BCUT2D eigenvalue weighted by Crippen LogP contribution is 2.18. The van der Waals surface area contributed by atoms with Crippen molar-refractivity contribution in [3.8, 4) is 0 Å². The first kappa shape index (κ1) is 15.7. The molecular formula is C16H26N4O. The van der Waals surface area contributed by atoms with Gasteiger partial charge in [-0.05, 0) is 31.7 Å². The molecule has 0 unspecified atom stereocenters. The Balaban J connectivity index is 2.06. The van der Waals surface area contributed by atoms with E-state index in [0.717, 1.165) is 38.8 Å². The Bertz CT molecular complexity index is 451. The molecule has 1 fully saturated rings. The SMILES string of the molecule is CCCN(CCC)c1nccc(C(=O)NC2CCCC2)n1. The highest BCUT2D eigenvalue weighted by atomic mass is 16.1. The summed E-state index contributed by atoms with van der Waals surface area (Å²) in [5.74, 6) is 0.594. The van der Waals surface area contributed by atoms with Gasteiger partial charge in [0.25, 0.3) is 5.91 Å². The summed E-state index contributed by atoms with van der Waals surface area (Å²) in [6, 6.07) is 2.02. The zero-order valence-electron chi connectivity index (χ0n) is 13.1. The molecule has 1 N–H and O–H groups in total. The van der Waals surface area contributed by atoms with Crippen LogP contribution >= 0.6 is 0 Å². The first-order valence-corrected chi connectivity index (χ1v) is 8.13. The van der Waals surface area contributed by atoms with Crippen molar-refractivity contribution in [1.29, 1.82) is 0 Å². The number of carbonyl (C=O) groups is 1. The van der Waals surface area contributed by atoms with Crippen LogP contribution in [0.25, 0.3) is 0 Å². The van der Waals surface area contributed by atoms with E-state index >= 15 is 0 Å². The van der Waals surface area contributed by atoms with Crippen LogP contribution in [0.5, 0.6) is 0 Å². The average molecular weight is 290 g/mol. The van der Waals surface area contributed by atoms with Gasteiger partial charge in [-0.1, -0.05) is 26.7 Å². The van der Waals surface area contributed by atoms with E-state index in [4.69, 9.17) is 0 Å². The van der Waals surface area contributed by atoms with Crippen molar-refractivity contribution in [2.75, 3.05) is 18.0 Å². The van der Waals surface area contributed by atoms with Crippen LogP contribution in [0.1, 0.15) is 62.9 Å². The molecule has 1 heterocycles. The topological polar surface area (TPSA) is 58.1 Å². The van der Waals surface area contributed by atoms with Gasteiger partial charge >= 0.3 is 0 Å². The van der Waals surface area contributed by atoms with Gasteiger partial charge in [-0.25, -0.2) is 9.97 Å². The van der Waals surface area contributed by atoms with Gasteiger partial charge in [0.2, 0.25) is 5.95 Å². The van der Waals surface area contributed by atoms with Gasteiger partial charge in [-0.15, -0.1) is 0 Å². The maximum Gasteiger partial charge on any atom is 0.270 e. The third-order valence-corrected chi connectivity index (χ3v) is 3.84. The van der Waals surface area contributed by atoms with Crippen LogP contribution in [0, 0.1) is 0 Å². The second-order valence-electron chi connectivity index (χ2n) is 5.68. The van der Waals surface area contributed by atoms with Gasteiger partial charge < -0.3 is 10.2 Å². The van der Waals surface area contributed by atoms with E-state index in [1.807, 2.05) is 0 Å². The van der Waals surface area contributed by atoms with Gasteiger partial charge in [0.1, 0.15) is 5.69 Å². The maximum atomic E-state index is 12.3. The van der Waals surface area contributed by atoms with E-state index in [0.29, 0.717) is 17.7 Å². The molecule has 5 nitrogen and oxygen atoms in total. The normalized spacial score (nSPS) is 15.1. The van der Waals surface area contributed by atoms with Crippen LogP contribution in [0.3, 0.4) is 0 Å². The van der Waals surface area contributed by atoms with Crippen LogP contribution < -0.4 is 10.2 Å². The first-order valence-electron chi connectivity index (χ1n) is 8.13. The van der Waals surface area contributed by atoms with Crippen molar-refractivity contribution in [2.45, 2.75) is 58.4 Å². The van der Waals surface area contributed by atoms with E-state index in [1.165, 1.54) is 12.8 Å². The van der Waals surface area contributed by atoms with E-state index < -0.39 is 0 Å². The maximum absolute atomic E-state index is 12.3. The highest BCUT2D eigenvalue weighted by Gasteiger charge is 2.19. The molecule has 0 atom stereocenters. The number of aromatic nitrogens is 2. The molecular weight excluding hydrogens is 264 g/mol. The number of rotatable bonds is 7. The lowest BCUT2D eigenvalue weighted by atomic mass is 10.2. The zero-order valence-corrected chi connectivity index (χ0v) is 13.1. The van der Waals surface area contributed by atoms with Crippen molar-refractivity contribution in [1.82, 2.24) is 15.3 Å². The van der Waals surface area contributed by atoms with Gasteiger partial charge in [-0.2, -0.15) is 0 Å². The van der Waals surface area contributed by atoms with E-state index in [-0.39, 0.29) is 5.91 Å². The molecule has 2 rings (SSSR count). The molecule has 0 aromatic carbocycles. The Morgan fingerprint density at radius 1 is 1.29 bits per heavy atom. The quantitative estimate of drug-likeness (QED) is 0.839. The smallest absolute Gasteiger partial charge is 0.270 e. The van der Waals surface area contributed by atoms with Crippen molar-refractivity contribution in [2.24, 2.45) is 0 Å². The van der Waals surface area contributed by atoms with Crippen LogP contribution in [0.2, 0.25) is 0 Å². The monoisotopic (exact) mass is 290 g/mol. The molecule has 5 heteroatoms. The molecule has 1 saturated carbocycles. The van der Waals surface area contributed by atoms with Crippen LogP contribution in [0.15, 0.2) is 12.3 Å². The third kappa shape index (κ3) is 4.41. The minimum Gasteiger partial charge on any atom is -0.348 e. The zero-order chi connectivity index (χ0) is 15.1. The number of hydrogen-bond donors (Lipinski definition) is 1. The van der Waals surface area contributed by atoms with Gasteiger partial charge in [0.15, 0.2) is 0 Å². The average Bonchev–Trinajstić information content (AvgIpc) is 3.00. The lowest BCUT2D eigenvalue weighted by molar-refractivity contribution is 0.0932. The molecule has 116 valence electrons. The van der Waals surface area contributed by atoms with Gasteiger partial charge in [-0.3, -0.25) is 4.79 Å². The summed E-state index contributed by atoms with van der Waals surface area (Å²) in [6.45, 7) is 6.11. The summed E-state index contributed by atoms with van der Waals surface area (Å²) >= 11 is 0. The van der Waals surface area contributed by atoms with Crippen molar-refractivity contribution in [3.63, 3.8) is 0 Å².